The number of aromatic nitrogens is 2. The number of rotatable bonds is 5. The molecule has 1 amide bonds. The Kier molecular flexibility index (Phi) is 5.65. The molecule has 1 aromatic heterocycles. The van der Waals surface area contributed by atoms with Crippen molar-refractivity contribution >= 4 is 23.1 Å². The maximum atomic E-state index is 14.8. The van der Waals surface area contributed by atoms with Crippen LogP contribution in [0, 0.1) is 17.6 Å². The first kappa shape index (κ1) is 21.9. The minimum atomic E-state index is -0.686. The van der Waals surface area contributed by atoms with Crippen LogP contribution in [0.3, 0.4) is 0 Å². The molecular weight excluding hydrogens is 438 g/mol. The Balaban J connectivity index is 1.57. The van der Waals surface area contributed by atoms with Gasteiger partial charge in [-0.15, -0.1) is 0 Å². The number of benzene rings is 2. The van der Waals surface area contributed by atoms with E-state index in [0.717, 1.165) is 0 Å². The first-order valence-electron chi connectivity index (χ1n) is 11.0. The van der Waals surface area contributed by atoms with Gasteiger partial charge in [-0.2, -0.15) is 0 Å². The molecule has 34 heavy (non-hydrogen) atoms. The van der Waals surface area contributed by atoms with Crippen molar-refractivity contribution < 1.29 is 18.4 Å². The van der Waals surface area contributed by atoms with Crippen LogP contribution in [0.4, 0.5) is 14.6 Å². The molecule has 1 N–H and O–H groups in total. The average molecular weight is 460 g/mol. The number of amides is 1. The molecule has 6 nitrogen and oxygen atoms in total. The predicted molar refractivity (Wildman–Crippen MR) is 122 cm³/mol. The number of hydrogen-bond acceptors (Lipinski definition) is 5. The van der Waals surface area contributed by atoms with Crippen LogP contribution in [0.25, 0.3) is 5.57 Å². The zero-order valence-electron chi connectivity index (χ0n) is 18.5. The smallest absolute Gasteiger partial charge is 0.254 e. The number of allylic oxidation sites excluding steroid dienone is 1. The second kappa shape index (κ2) is 8.78. The molecule has 2 aliphatic rings. The van der Waals surface area contributed by atoms with Crippen molar-refractivity contribution in [2.75, 3.05) is 4.90 Å². The molecule has 2 atom stereocenters. The van der Waals surface area contributed by atoms with Gasteiger partial charge in [0.15, 0.2) is 5.82 Å². The van der Waals surface area contributed by atoms with E-state index in [-0.39, 0.29) is 17.9 Å². The Labute approximate surface area is 195 Å². The summed E-state index contributed by atoms with van der Waals surface area (Å²) in [7, 11) is 0. The molecule has 0 bridgehead atoms. The summed E-state index contributed by atoms with van der Waals surface area (Å²) in [4.78, 5) is 36.2. The molecule has 3 aromatic rings. The summed E-state index contributed by atoms with van der Waals surface area (Å²) in [5, 5.41) is 2.96. The average Bonchev–Trinajstić information content (AvgIpc) is 2.83. The number of fused-ring (bicyclic) bond motifs is 1. The highest BCUT2D eigenvalue weighted by Crippen LogP contribution is 2.38. The van der Waals surface area contributed by atoms with Crippen LogP contribution in [-0.4, -0.2) is 21.7 Å². The van der Waals surface area contributed by atoms with Gasteiger partial charge in [0.1, 0.15) is 17.4 Å². The van der Waals surface area contributed by atoms with E-state index in [1.807, 2.05) is 0 Å². The second-order valence-electron chi connectivity index (χ2n) is 8.49. The van der Waals surface area contributed by atoms with E-state index in [1.54, 1.807) is 42.3 Å². The Morgan fingerprint density at radius 3 is 2.68 bits per heavy atom. The van der Waals surface area contributed by atoms with Crippen molar-refractivity contribution in [1.29, 1.82) is 0 Å². The van der Waals surface area contributed by atoms with Crippen LogP contribution in [0.2, 0.25) is 0 Å². The van der Waals surface area contributed by atoms with Crippen molar-refractivity contribution in [3.05, 3.63) is 95.1 Å². The molecule has 0 spiro atoms. The fourth-order valence-corrected chi connectivity index (χ4v) is 4.64. The molecule has 8 heteroatoms. The summed E-state index contributed by atoms with van der Waals surface area (Å²) in [5.41, 5.74) is 2.22. The first-order chi connectivity index (χ1) is 16.4. The Hall–Kier alpha value is -3.94. The number of Topliss-reactive ketones (excluding diaryl/α,β-unsaturated/α-hetero) is 1. The van der Waals surface area contributed by atoms with Gasteiger partial charge in [-0.25, -0.2) is 13.8 Å². The second-order valence-corrected chi connectivity index (χ2v) is 8.49. The molecule has 2 heterocycles. The van der Waals surface area contributed by atoms with Crippen LogP contribution >= 0.6 is 0 Å². The lowest BCUT2D eigenvalue weighted by molar-refractivity contribution is -0.131. The van der Waals surface area contributed by atoms with Crippen molar-refractivity contribution in [2.45, 2.75) is 32.4 Å². The van der Waals surface area contributed by atoms with E-state index >= 15 is 0 Å². The van der Waals surface area contributed by atoms with E-state index in [1.165, 1.54) is 30.6 Å². The highest BCUT2D eigenvalue weighted by atomic mass is 19.1. The number of carbonyl (C=O) groups excluding carboxylic acids is 2. The third kappa shape index (κ3) is 3.85. The van der Waals surface area contributed by atoms with Gasteiger partial charge in [-0.3, -0.25) is 14.6 Å². The van der Waals surface area contributed by atoms with Gasteiger partial charge in [-0.05, 0) is 42.7 Å². The summed E-state index contributed by atoms with van der Waals surface area (Å²) < 4.78 is 28.8. The highest BCUT2D eigenvalue weighted by Gasteiger charge is 2.39. The van der Waals surface area contributed by atoms with Gasteiger partial charge >= 0.3 is 0 Å². The van der Waals surface area contributed by atoms with Crippen molar-refractivity contribution in [1.82, 2.24) is 15.3 Å². The van der Waals surface area contributed by atoms with E-state index in [4.69, 9.17) is 0 Å². The molecule has 1 aliphatic carbocycles. The van der Waals surface area contributed by atoms with Crippen molar-refractivity contribution in [3.63, 3.8) is 0 Å². The summed E-state index contributed by atoms with van der Waals surface area (Å²) in [6.45, 7) is 1.96. The Bertz CT molecular complexity index is 1310. The van der Waals surface area contributed by atoms with Gasteiger partial charge in [0, 0.05) is 36.0 Å². The lowest BCUT2D eigenvalue weighted by Gasteiger charge is -2.36. The van der Waals surface area contributed by atoms with Gasteiger partial charge in [0.05, 0.1) is 24.4 Å². The lowest BCUT2D eigenvalue weighted by atomic mass is 9.75. The van der Waals surface area contributed by atoms with Crippen LogP contribution < -0.4 is 10.2 Å². The molecule has 0 radical (unpaired) electrons. The predicted octanol–water partition coefficient (Wildman–Crippen LogP) is 4.34. The fourth-order valence-electron chi connectivity index (χ4n) is 4.64. The largest absolute Gasteiger partial charge is 0.344 e. The number of nitrogens with one attached hydrogen (secondary N) is 1. The molecule has 1 aliphatic heterocycles. The maximum absolute atomic E-state index is 14.8. The van der Waals surface area contributed by atoms with Gasteiger partial charge in [0.2, 0.25) is 0 Å². The molecule has 1 unspecified atom stereocenters. The van der Waals surface area contributed by atoms with E-state index in [2.05, 4.69) is 15.3 Å². The maximum Gasteiger partial charge on any atom is 0.254 e. The highest BCUT2D eigenvalue weighted by molar-refractivity contribution is 6.22. The zero-order valence-corrected chi connectivity index (χ0v) is 18.5. The van der Waals surface area contributed by atoms with Gasteiger partial charge < -0.3 is 10.2 Å². The number of carbonyl (C=O) groups is 2. The van der Waals surface area contributed by atoms with Crippen LogP contribution in [-0.2, 0) is 16.1 Å². The molecule has 1 saturated carbocycles. The van der Waals surface area contributed by atoms with Crippen LogP contribution in [0.15, 0.2) is 66.8 Å². The number of halogens is 2. The lowest BCUT2D eigenvalue weighted by Crippen LogP contribution is -2.42. The summed E-state index contributed by atoms with van der Waals surface area (Å²) >= 11 is 0. The molecule has 0 saturated heterocycles. The van der Waals surface area contributed by atoms with Gasteiger partial charge in [0.25, 0.3) is 5.91 Å². The number of hydrogen-bond donors (Lipinski definition) is 1. The van der Waals surface area contributed by atoms with Crippen LogP contribution in [0.5, 0.6) is 0 Å². The number of nitrogens with zero attached hydrogens (tertiary/aromatic N) is 3. The summed E-state index contributed by atoms with van der Waals surface area (Å²) in [6.07, 6.45) is 5.65. The monoisotopic (exact) mass is 460 g/mol. The molecule has 1 fully saturated rings. The molecule has 2 aromatic carbocycles. The zero-order chi connectivity index (χ0) is 23.8. The standard InChI is InChI=1S/C26H22F2N4O2/c1-15-24(18-6-3-7-21(28)20(18)14-32(15)23-13-29-10-11-30-23)26(34)31-25(19-8-9-22(19)33)16-4-2-5-17(27)12-16/h2-7,10-13,19,25H,8-9,14H2,1H3,(H,31,34)/t19?,25-/m1/s1. The molecule has 172 valence electrons. The topological polar surface area (TPSA) is 75.2 Å². The summed E-state index contributed by atoms with van der Waals surface area (Å²) in [6, 6.07) is 9.83. The minimum absolute atomic E-state index is 0.0246. The van der Waals surface area contributed by atoms with Crippen LogP contribution in [0.1, 0.15) is 42.5 Å². The van der Waals surface area contributed by atoms with Crippen molar-refractivity contribution in [3.8, 4) is 0 Å². The minimum Gasteiger partial charge on any atom is -0.344 e. The number of ketones is 1. The summed E-state index contributed by atoms with van der Waals surface area (Å²) in [5.74, 6) is -1.27. The third-order valence-corrected chi connectivity index (χ3v) is 6.54. The normalized spacial score (nSPS) is 18.3. The molecule has 5 rings (SSSR count). The number of anilines is 1. The third-order valence-electron chi connectivity index (χ3n) is 6.54. The van der Waals surface area contributed by atoms with E-state index in [9.17, 15) is 18.4 Å². The van der Waals surface area contributed by atoms with Gasteiger partial charge in [-0.1, -0.05) is 24.3 Å². The van der Waals surface area contributed by atoms with E-state index < -0.39 is 29.5 Å². The Morgan fingerprint density at radius 2 is 2.00 bits per heavy atom. The Morgan fingerprint density at radius 1 is 1.18 bits per heavy atom. The van der Waals surface area contributed by atoms with Crippen molar-refractivity contribution in [2.24, 2.45) is 5.92 Å². The van der Waals surface area contributed by atoms with E-state index in [0.29, 0.717) is 41.0 Å². The quantitative estimate of drug-likeness (QED) is 0.613. The first-order valence-corrected chi connectivity index (χ1v) is 11.0. The SMILES string of the molecule is CC1=C(C(=O)N[C@H](c2cccc(F)c2)C2CCC2=O)c2cccc(F)c2CN1c1cnccn1. The fraction of sp³-hybridized carbons (Fsp3) is 0.231. The molecular formula is C26H22F2N4O2.